The second-order valence-electron chi connectivity index (χ2n) is 8.14. The summed E-state index contributed by atoms with van der Waals surface area (Å²) >= 11 is 0. The zero-order valence-electron chi connectivity index (χ0n) is 18.6. The van der Waals surface area contributed by atoms with Crippen LogP contribution in [0.4, 0.5) is 0 Å². The molecule has 0 aliphatic carbocycles. The van der Waals surface area contributed by atoms with Gasteiger partial charge in [-0.15, -0.1) is 0 Å². The summed E-state index contributed by atoms with van der Waals surface area (Å²) in [4.78, 5) is 33.7. The van der Waals surface area contributed by atoms with E-state index in [0.717, 1.165) is 31.6 Å². The lowest BCUT2D eigenvalue weighted by Gasteiger charge is -2.13. The highest BCUT2D eigenvalue weighted by Crippen LogP contribution is 2.18. The molecule has 1 unspecified atom stereocenters. The molecule has 170 valence electrons. The van der Waals surface area contributed by atoms with Crippen LogP contribution in [0.15, 0.2) is 59.8 Å². The van der Waals surface area contributed by atoms with Crippen molar-refractivity contribution >= 4 is 11.5 Å². The van der Waals surface area contributed by atoms with Crippen LogP contribution in [0.1, 0.15) is 40.9 Å². The summed E-state index contributed by atoms with van der Waals surface area (Å²) in [5, 5.41) is 11.4. The monoisotopic (exact) mass is 445 g/mol. The van der Waals surface area contributed by atoms with Crippen LogP contribution in [-0.2, 0) is 17.8 Å². The third-order valence-corrected chi connectivity index (χ3v) is 5.64. The lowest BCUT2D eigenvalue weighted by Crippen LogP contribution is -2.25. The molecule has 0 saturated carbocycles. The predicted molar refractivity (Wildman–Crippen MR) is 126 cm³/mol. The second kappa shape index (κ2) is 10.4. The van der Waals surface area contributed by atoms with Gasteiger partial charge < -0.3 is 20.0 Å². The molecule has 0 radical (unpaired) electrons. The Morgan fingerprint density at radius 1 is 1.21 bits per heavy atom. The SMILES string of the molecule is CNCc1ccc(C(=N)CC(=O)c2cncc(-c3ccc(=O)n(CC4CCCO4)c3)n2)cc1. The molecule has 3 aromatic rings. The Morgan fingerprint density at radius 2 is 2.03 bits per heavy atom. The lowest BCUT2D eigenvalue weighted by molar-refractivity contribution is 0.0962. The number of benzene rings is 1. The number of hydrogen-bond donors (Lipinski definition) is 2. The molecule has 1 aromatic carbocycles. The number of ether oxygens (including phenoxy) is 1. The zero-order valence-corrected chi connectivity index (χ0v) is 18.6. The van der Waals surface area contributed by atoms with Crippen molar-refractivity contribution in [2.24, 2.45) is 0 Å². The van der Waals surface area contributed by atoms with Crippen LogP contribution in [0.5, 0.6) is 0 Å². The first-order valence-corrected chi connectivity index (χ1v) is 11.0. The molecule has 1 aliphatic rings. The van der Waals surface area contributed by atoms with Crippen LogP contribution < -0.4 is 10.9 Å². The summed E-state index contributed by atoms with van der Waals surface area (Å²) in [7, 11) is 1.88. The Labute approximate surface area is 192 Å². The number of pyridine rings is 1. The summed E-state index contributed by atoms with van der Waals surface area (Å²) < 4.78 is 7.26. The number of hydrogen-bond acceptors (Lipinski definition) is 7. The van der Waals surface area contributed by atoms with Gasteiger partial charge in [0.15, 0.2) is 5.78 Å². The molecule has 0 bridgehead atoms. The fourth-order valence-electron chi connectivity index (χ4n) is 3.85. The molecular formula is C25H27N5O3. The number of ketones is 1. The Kier molecular flexibility index (Phi) is 7.16. The van der Waals surface area contributed by atoms with E-state index in [-0.39, 0.29) is 35.3 Å². The van der Waals surface area contributed by atoms with Gasteiger partial charge in [0.05, 0.1) is 37.2 Å². The summed E-state index contributed by atoms with van der Waals surface area (Å²) in [5.74, 6) is -0.277. The highest BCUT2D eigenvalue weighted by Gasteiger charge is 2.18. The molecule has 3 heterocycles. The number of aromatic nitrogens is 3. The maximum Gasteiger partial charge on any atom is 0.250 e. The summed E-state index contributed by atoms with van der Waals surface area (Å²) in [6.45, 7) is 1.96. The van der Waals surface area contributed by atoms with E-state index in [2.05, 4.69) is 15.3 Å². The Hall–Kier alpha value is -3.49. The van der Waals surface area contributed by atoms with E-state index in [0.29, 0.717) is 23.4 Å². The van der Waals surface area contributed by atoms with E-state index < -0.39 is 0 Å². The van der Waals surface area contributed by atoms with Gasteiger partial charge in [-0.3, -0.25) is 14.6 Å². The van der Waals surface area contributed by atoms with Gasteiger partial charge >= 0.3 is 0 Å². The quantitative estimate of drug-likeness (QED) is 0.387. The molecule has 8 nitrogen and oxygen atoms in total. The van der Waals surface area contributed by atoms with Gasteiger partial charge in [0.25, 0.3) is 5.56 Å². The van der Waals surface area contributed by atoms with Crippen LogP contribution in [0.2, 0.25) is 0 Å². The van der Waals surface area contributed by atoms with Gasteiger partial charge in [0.1, 0.15) is 5.69 Å². The highest BCUT2D eigenvalue weighted by molar-refractivity contribution is 6.14. The molecule has 1 fully saturated rings. The molecule has 1 saturated heterocycles. The van der Waals surface area contributed by atoms with E-state index in [1.54, 1.807) is 23.0 Å². The number of rotatable bonds is 9. The van der Waals surface area contributed by atoms with E-state index >= 15 is 0 Å². The van der Waals surface area contributed by atoms with Crippen molar-refractivity contribution in [3.8, 4) is 11.3 Å². The van der Waals surface area contributed by atoms with E-state index in [9.17, 15) is 9.59 Å². The highest BCUT2D eigenvalue weighted by atomic mass is 16.5. The third-order valence-electron chi connectivity index (χ3n) is 5.64. The summed E-state index contributed by atoms with van der Waals surface area (Å²) in [5.41, 5.74) is 3.33. The van der Waals surface area contributed by atoms with Crippen molar-refractivity contribution < 1.29 is 9.53 Å². The average Bonchev–Trinajstić information content (AvgIpc) is 3.34. The van der Waals surface area contributed by atoms with Crippen molar-refractivity contribution in [3.63, 3.8) is 0 Å². The van der Waals surface area contributed by atoms with Crippen molar-refractivity contribution in [1.29, 1.82) is 5.41 Å². The maximum absolute atomic E-state index is 12.8. The molecule has 4 rings (SSSR count). The largest absolute Gasteiger partial charge is 0.376 e. The molecule has 33 heavy (non-hydrogen) atoms. The first-order valence-electron chi connectivity index (χ1n) is 11.0. The topological polar surface area (TPSA) is 110 Å². The fourth-order valence-corrected chi connectivity index (χ4v) is 3.85. The van der Waals surface area contributed by atoms with Crippen molar-refractivity contribution in [3.05, 3.63) is 82.2 Å². The Bertz CT molecular complexity index is 1200. The number of nitrogens with one attached hydrogen (secondary N) is 2. The first kappa shape index (κ1) is 22.7. The molecule has 0 spiro atoms. The van der Waals surface area contributed by atoms with E-state index in [1.165, 1.54) is 12.3 Å². The maximum atomic E-state index is 12.8. The summed E-state index contributed by atoms with van der Waals surface area (Å²) in [6.07, 6.45) is 6.62. The Balaban J connectivity index is 1.48. The molecule has 1 atom stereocenters. The van der Waals surface area contributed by atoms with Crippen LogP contribution in [0.3, 0.4) is 0 Å². The van der Waals surface area contributed by atoms with Gasteiger partial charge in [0.2, 0.25) is 0 Å². The zero-order chi connectivity index (χ0) is 23.2. The number of carbonyl (C=O) groups is 1. The molecule has 1 aliphatic heterocycles. The number of nitrogens with zero attached hydrogens (tertiary/aromatic N) is 3. The smallest absolute Gasteiger partial charge is 0.250 e. The lowest BCUT2D eigenvalue weighted by atomic mass is 10.0. The minimum Gasteiger partial charge on any atom is -0.376 e. The van der Waals surface area contributed by atoms with E-state index in [1.807, 2.05) is 31.3 Å². The molecule has 0 amide bonds. The molecule has 2 N–H and O–H groups in total. The normalized spacial score (nSPS) is 15.5. The second-order valence-corrected chi connectivity index (χ2v) is 8.14. The van der Waals surface area contributed by atoms with Gasteiger partial charge in [0, 0.05) is 36.7 Å². The molecule has 2 aromatic heterocycles. The average molecular weight is 446 g/mol. The predicted octanol–water partition coefficient (Wildman–Crippen LogP) is 2.84. The minimum atomic E-state index is -0.277. The van der Waals surface area contributed by atoms with Crippen molar-refractivity contribution in [2.45, 2.75) is 38.5 Å². The third kappa shape index (κ3) is 5.66. The fraction of sp³-hybridized carbons (Fsp3) is 0.320. The van der Waals surface area contributed by atoms with Crippen molar-refractivity contribution in [2.75, 3.05) is 13.7 Å². The molecule has 8 heteroatoms. The number of carbonyl (C=O) groups excluding carboxylic acids is 1. The first-order chi connectivity index (χ1) is 16.0. The van der Waals surface area contributed by atoms with Crippen molar-refractivity contribution in [1.82, 2.24) is 19.9 Å². The summed E-state index contributed by atoms with van der Waals surface area (Å²) in [6, 6.07) is 10.8. The van der Waals surface area contributed by atoms with Gasteiger partial charge in [-0.05, 0) is 37.1 Å². The van der Waals surface area contributed by atoms with E-state index in [4.69, 9.17) is 10.1 Å². The minimum absolute atomic E-state index is 0.0373. The van der Waals surface area contributed by atoms with Gasteiger partial charge in [-0.2, -0.15) is 0 Å². The van der Waals surface area contributed by atoms with Gasteiger partial charge in [-0.1, -0.05) is 24.3 Å². The van der Waals surface area contributed by atoms with Crippen LogP contribution in [0, 0.1) is 5.41 Å². The standard InChI is InChI=1S/C25H27N5O3/c1-27-12-17-4-6-18(7-5-17)21(26)11-24(31)23-14-28-13-22(29-23)19-8-9-25(32)30(15-19)16-20-3-2-10-33-20/h4-9,13-15,20,26-27H,2-3,10-12,16H2,1H3. The van der Waals surface area contributed by atoms with Crippen LogP contribution >= 0.6 is 0 Å². The van der Waals surface area contributed by atoms with Crippen LogP contribution in [0.25, 0.3) is 11.3 Å². The Morgan fingerprint density at radius 3 is 2.76 bits per heavy atom. The van der Waals surface area contributed by atoms with Gasteiger partial charge in [-0.25, -0.2) is 4.98 Å². The van der Waals surface area contributed by atoms with Crippen LogP contribution in [-0.4, -0.2) is 45.8 Å². The number of Topliss-reactive ketones (excluding diaryl/α,β-unsaturated/α-hetero) is 1. The molecular weight excluding hydrogens is 418 g/mol.